The summed E-state index contributed by atoms with van der Waals surface area (Å²) in [5.74, 6) is -0.980. The monoisotopic (exact) mass is 398 g/mol. The van der Waals surface area contributed by atoms with Crippen molar-refractivity contribution >= 4 is 45.7 Å². The summed E-state index contributed by atoms with van der Waals surface area (Å²) in [5.41, 5.74) is 0.368. The number of fused-ring (bicyclic) bond motifs is 3. The topological polar surface area (TPSA) is 99.7 Å². The molecule has 28 heavy (non-hydrogen) atoms. The summed E-state index contributed by atoms with van der Waals surface area (Å²) >= 11 is 1.14. The standard InChI is InChI=1S/C19H18N4O4S/c1-11(24)13-10-28-18(20-13)21-15(25)9-22-17(27)12-5-3-4-6-14(12)23-16(26)7-8-19(22,23)2/h3-6,10H,7-9H2,1-2H3,(H,20,21,25). The van der Waals surface area contributed by atoms with E-state index in [4.69, 9.17) is 0 Å². The molecule has 3 heterocycles. The highest BCUT2D eigenvalue weighted by Gasteiger charge is 2.53. The van der Waals surface area contributed by atoms with Crippen LogP contribution in [0.2, 0.25) is 0 Å². The van der Waals surface area contributed by atoms with Crippen molar-refractivity contribution in [3.8, 4) is 0 Å². The molecule has 1 aromatic carbocycles. The normalized spacial score (nSPS) is 20.8. The van der Waals surface area contributed by atoms with E-state index in [9.17, 15) is 19.2 Å². The van der Waals surface area contributed by atoms with Gasteiger partial charge in [-0.1, -0.05) is 12.1 Å². The van der Waals surface area contributed by atoms with Gasteiger partial charge in [0.05, 0.1) is 11.3 Å². The second kappa shape index (κ2) is 6.52. The summed E-state index contributed by atoms with van der Waals surface area (Å²) in [6, 6.07) is 6.94. The summed E-state index contributed by atoms with van der Waals surface area (Å²) in [4.78, 5) is 56.7. The van der Waals surface area contributed by atoms with Crippen LogP contribution in [0.1, 0.15) is 47.5 Å². The number of hydrogen-bond donors (Lipinski definition) is 1. The molecule has 2 aromatic rings. The van der Waals surface area contributed by atoms with Crippen molar-refractivity contribution in [2.24, 2.45) is 0 Å². The first-order chi connectivity index (χ1) is 13.3. The van der Waals surface area contributed by atoms with Crippen LogP contribution < -0.4 is 10.2 Å². The van der Waals surface area contributed by atoms with E-state index in [0.29, 0.717) is 29.2 Å². The molecule has 1 N–H and O–H groups in total. The number of Topliss-reactive ketones (excluding diaryl/α,β-unsaturated/α-hetero) is 1. The lowest BCUT2D eigenvalue weighted by Gasteiger charge is -2.48. The largest absolute Gasteiger partial charge is 0.306 e. The molecule has 4 rings (SSSR count). The van der Waals surface area contributed by atoms with E-state index in [2.05, 4.69) is 10.3 Å². The van der Waals surface area contributed by atoms with E-state index in [1.54, 1.807) is 41.5 Å². The Kier molecular flexibility index (Phi) is 4.26. The molecule has 2 aliphatic rings. The number of ketones is 1. The average Bonchev–Trinajstić information content (AvgIpc) is 3.24. The Morgan fingerprint density at radius 1 is 1.29 bits per heavy atom. The molecule has 0 aliphatic carbocycles. The fourth-order valence-electron chi connectivity index (χ4n) is 3.74. The highest BCUT2D eigenvalue weighted by atomic mass is 32.1. The molecule has 0 saturated carbocycles. The van der Waals surface area contributed by atoms with E-state index in [0.717, 1.165) is 11.3 Å². The number of carbonyl (C=O) groups excluding carboxylic acids is 4. The number of nitrogens with one attached hydrogen (secondary N) is 1. The van der Waals surface area contributed by atoms with Crippen molar-refractivity contribution in [2.75, 3.05) is 16.8 Å². The highest BCUT2D eigenvalue weighted by molar-refractivity contribution is 7.14. The Bertz CT molecular complexity index is 1020. The SMILES string of the molecule is CC(=O)c1csc(NC(=O)CN2C(=O)c3ccccc3N3C(=O)CCC23C)n1. The van der Waals surface area contributed by atoms with Crippen molar-refractivity contribution < 1.29 is 19.2 Å². The Morgan fingerprint density at radius 2 is 2.04 bits per heavy atom. The minimum Gasteiger partial charge on any atom is -0.306 e. The fourth-order valence-corrected chi connectivity index (χ4v) is 4.50. The minimum atomic E-state index is -0.896. The number of nitrogens with zero attached hydrogens (tertiary/aromatic N) is 3. The van der Waals surface area contributed by atoms with Crippen molar-refractivity contribution in [1.82, 2.24) is 9.88 Å². The Morgan fingerprint density at radius 3 is 2.75 bits per heavy atom. The van der Waals surface area contributed by atoms with Gasteiger partial charge in [-0.2, -0.15) is 0 Å². The number of thiazole rings is 1. The number of aromatic nitrogens is 1. The van der Waals surface area contributed by atoms with E-state index in [1.165, 1.54) is 11.8 Å². The number of rotatable bonds is 4. The second-order valence-corrected chi connectivity index (χ2v) is 7.85. The van der Waals surface area contributed by atoms with Crippen LogP contribution in [0.15, 0.2) is 29.6 Å². The third-order valence-corrected chi connectivity index (χ3v) is 5.92. The number of anilines is 2. The summed E-state index contributed by atoms with van der Waals surface area (Å²) in [7, 11) is 0. The molecule has 1 atom stereocenters. The molecule has 3 amide bonds. The Hall–Kier alpha value is -3.07. The zero-order valence-corrected chi connectivity index (χ0v) is 16.2. The minimum absolute atomic E-state index is 0.0705. The van der Waals surface area contributed by atoms with Crippen LogP contribution in [0.4, 0.5) is 10.8 Å². The zero-order valence-electron chi connectivity index (χ0n) is 15.4. The van der Waals surface area contributed by atoms with Crippen LogP contribution in [0.25, 0.3) is 0 Å². The van der Waals surface area contributed by atoms with E-state index < -0.39 is 11.6 Å². The van der Waals surface area contributed by atoms with Gasteiger partial charge in [0.2, 0.25) is 11.8 Å². The smallest absolute Gasteiger partial charge is 0.258 e. The molecule has 9 heteroatoms. The Balaban J connectivity index is 1.61. The summed E-state index contributed by atoms with van der Waals surface area (Å²) in [6.45, 7) is 2.98. The van der Waals surface area contributed by atoms with Gasteiger partial charge in [-0.25, -0.2) is 4.98 Å². The molecule has 1 unspecified atom stereocenters. The first kappa shape index (κ1) is 18.3. The molecule has 1 saturated heterocycles. The molecular weight excluding hydrogens is 380 g/mol. The van der Waals surface area contributed by atoms with E-state index in [-0.39, 0.29) is 29.8 Å². The lowest BCUT2D eigenvalue weighted by molar-refractivity contribution is -0.120. The molecule has 0 bridgehead atoms. The predicted molar refractivity (Wildman–Crippen MR) is 103 cm³/mol. The van der Waals surface area contributed by atoms with Gasteiger partial charge in [-0.05, 0) is 25.5 Å². The number of hydrogen-bond acceptors (Lipinski definition) is 6. The quantitative estimate of drug-likeness (QED) is 0.797. The van der Waals surface area contributed by atoms with E-state index in [1.807, 2.05) is 0 Å². The summed E-state index contributed by atoms with van der Waals surface area (Å²) in [6.07, 6.45) is 0.760. The molecule has 8 nitrogen and oxygen atoms in total. The number of amides is 3. The van der Waals surface area contributed by atoms with E-state index >= 15 is 0 Å². The van der Waals surface area contributed by atoms with Crippen LogP contribution in [0, 0.1) is 0 Å². The third-order valence-electron chi connectivity index (χ3n) is 5.16. The molecule has 1 aromatic heterocycles. The molecule has 2 aliphatic heterocycles. The first-order valence-electron chi connectivity index (χ1n) is 8.81. The van der Waals surface area contributed by atoms with Gasteiger partial charge >= 0.3 is 0 Å². The van der Waals surface area contributed by atoms with Gasteiger partial charge in [0, 0.05) is 18.7 Å². The van der Waals surface area contributed by atoms with Gasteiger partial charge in [-0.15, -0.1) is 11.3 Å². The number of carbonyl (C=O) groups is 4. The van der Waals surface area contributed by atoms with Crippen molar-refractivity contribution in [1.29, 1.82) is 0 Å². The van der Waals surface area contributed by atoms with Gasteiger partial charge < -0.3 is 10.2 Å². The van der Waals surface area contributed by atoms with Crippen LogP contribution >= 0.6 is 11.3 Å². The number of para-hydroxylation sites is 1. The fraction of sp³-hybridized carbons (Fsp3) is 0.316. The first-order valence-corrected chi connectivity index (χ1v) is 9.69. The van der Waals surface area contributed by atoms with Crippen LogP contribution in [0.5, 0.6) is 0 Å². The second-order valence-electron chi connectivity index (χ2n) is 7.00. The molecule has 0 spiro atoms. The molecule has 1 fully saturated rings. The van der Waals surface area contributed by atoms with Crippen molar-refractivity contribution in [3.05, 3.63) is 40.9 Å². The molecule has 144 valence electrons. The lowest BCUT2D eigenvalue weighted by Crippen LogP contribution is -2.63. The van der Waals surface area contributed by atoms with Gasteiger partial charge in [-0.3, -0.25) is 24.1 Å². The summed E-state index contributed by atoms with van der Waals surface area (Å²) in [5, 5.41) is 4.50. The van der Waals surface area contributed by atoms with Gasteiger partial charge in [0.25, 0.3) is 5.91 Å². The maximum absolute atomic E-state index is 13.1. The van der Waals surface area contributed by atoms with Gasteiger partial charge in [0.15, 0.2) is 10.9 Å². The summed E-state index contributed by atoms with van der Waals surface area (Å²) < 4.78 is 0. The Labute approximate surface area is 165 Å². The maximum Gasteiger partial charge on any atom is 0.258 e. The maximum atomic E-state index is 13.1. The number of benzene rings is 1. The zero-order chi connectivity index (χ0) is 20.1. The predicted octanol–water partition coefficient (Wildman–Crippen LogP) is 2.28. The van der Waals surface area contributed by atoms with Crippen molar-refractivity contribution in [3.63, 3.8) is 0 Å². The highest BCUT2D eigenvalue weighted by Crippen LogP contribution is 2.43. The molecular formula is C19H18N4O4S. The van der Waals surface area contributed by atoms with Crippen LogP contribution in [0.3, 0.4) is 0 Å². The van der Waals surface area contributed by atoms with Crippen LogP contribution in [-0.2, 0) is 9.59 Å². The van der Waals surface area contributed by atoms with Crippen LogP contribution in [-0.4, -0.2) is 45.6 Å². The van der Waals surface area contributed by atoms with Crippen molar-refractivity contribution in [2.45, 2.75) is 32.4 Å². The third kappa shape index (κ3) is 2.78. The average molecular weight is 398 g/mol. The lowest BCUT2D eigenvalue weighted by atomic mass is 9.98. The van der Waals surface area contributed by atoms with Gasteiger partial charge in [0.1, 0.15) is 17.9 Å². The molecule has 0 radical (unpaired) electrons.